The van der Waals surface area contributed by atoms with Crippen LogP contribution >= 0.6 is 34.8 Å². The van der Waals surface area contributed by atoms with Gasteiger partial charge in [-0.2, -0.15) is 5.26 Å². The number of rotatable bonds is 2. The number of pyridine rings is 1. The number of hydrogen-bond acceptors (Lipinski definition) is 3. The minimum Gasteiger partial charge on any atom is -0.508 e. The molecule has 0 saturated heterocycles. The molecule has 6 heteroatoms. The Labute approximate surface area is 160 Å². The molecule has 0 fully saturated rings. The van der Waals surface area contributed by atoms with Crippen LogP contribution in [0.1, 0.15) is 11.3 Å². The molecule has 3 rings (SSSR count). The van der Waals surface area contributed by atoms with Crippen molar-refractivity contribution in [1.82, 2.24) is 4.98 Å². The molecule has 1 N–H and O–H groups in total. The number of hydrogen-bond donors (Lipinski definition) is 1. The number of nitriles is 1. The van der Waals surface area contributed by atoms with Crippen molar-refractivity contribution < 1.29 is 5.11 Å². The molecule has 0 amide bonds. The zero-order valence-corrected chi connectivity index (χ0v) is 15.3. The highest BCUT2D eigenvalue weighted by Gasteiger charge is 2.19. The smallest absolute Gasteiger partial charge is 0.115 e. The summed E-state index contributed by atoms with van der Waals surface area (Å²) in [5, 5.41) is 20.1. The number of halogens is 3. The summed E-state index contributed by atoms with van der Waals surface area (Å²) in [5.74, 6) is 0.162. The first-order chi connectivity index (χ1) is 11.9. The van der Waals surface area contributed by atoms with E-state index in [2.05, 4.69) is 11.1 Å². The second-order valence-corrected chi connectivity index (χ2v) is 6.58. The van der Waals surface area contributed by atoms with E-state index < -0.39 is 0 Å². The Morgan fingerprint density at radius 2 is 1.64 bits per heavy atom. The maximum absolute atomic E-state index is 9.57. The number of aromatic hydroxyl groups is 1. The van der Waals surface area contributed by atoms with Gasteiger partial charge in [0.2, 0.25) is 0 Å². The molecule has 0 aliphatic rings. The summed E-state index contributed by atoms with van der Waals surface area (Å²) in [6.45, 7) is 1.75. The van der Waals surface area contributed by atoms with Crippen molar-refractivity contribution in [2.45, 2.75) is 6.92 Å². The van der Waals surface area contributed by atoms with Gasteiger partial charge in [0, 0.05) is 16.7 Å². The molecule has 124 valence electrons. The third-order valence-corrected chi connectivity index (χ3v) is 4.91. The van der Waals surface area contributed by atoms with Crippen LogP contribution in [-0.4, -0.2) is 10.1 Å². The van der Waals surface area contributed by atoms with Crippen LogP contribution < -0.4 is 0 Å². The Balaban J connectivity index is 2.32. The molecule has 0 spiro atoms. The van der Waals surface area contributed by atoms with Gasteiger partial charge >= 0.3 is 0 Å². The third-order valence-electron chi connectivity index (χ3n) is 3.79. The van der Waals surface area contributed by atoms with Gasteiger partial charge in [-0.25, -0.2) is 0 Å². The van der Waals surface area contributed by atoms with E-state index in [9.17, 15) is 10.4 Å². The van der Waals surface area contributed by atoms with E-state index in [1.54, 1.807) is 49.4 Å². The number of phenols is 1. The van der Waals surface area contributed by atoms with E-state index in [1.807, 2.05) is 0 Å². The Bertz CT molecular complexity index is 1010. The highest BCUT2D eigenvalue weighted by atomic mass is 35.5. The fraction of sp³-hybridized carbons (Fsp3) is 0.0526. The highest BCUT2D eigenvalue weighted by molar-refractivity contribution is 6.46. The molecule has 0 aliphatic heterocycles. The fourth-order valence-electron chi connectivity index (χ4n) is 2.56. The maximum atomic E-state index is 9.57. The van der Waals surface area contributed by atoms with Crippen molar-refractivity contribution in [2.24, 2.45) is 0 Å². The zero-order chi connectivity index (χ0) is 18.1. The molecular weight excluding hydrogens is 379 g/mol. The molecule has 0 bridgehead atoms. The Kier molecular flexibility index (Phi) is 4.87. The van der Waals surface area contributed by atoms with E-state index in [-0.39, 0.29) is 10.8 Å². The molecular formula is C19H11Cl3N2O. The predicted octanol–water partition coefficient (Wildman–Crippen LogP) is 6.26. The fourth-order valence-corrected chi connectivity index (χ4v) is 3.30. The van der Waals surface area contributed by atoms with Gasteiger partial charge in [-0.15, -0.1) is 0 Å². The number of nitrogens with zero attached hydrogens (tertiary/aromatic N) is 2. The first-order valence-corrected chi connectivity index (χ1v) is 8.40. The quantitative estimate of drug-likeness (QED) is 0.526. The van der Waals surface area contributed by atoms with Crippen molar-refractivity contribution in [3.63, 3.8) is 0 Å². The van der Waals surface area contributed by atoms with Gasteiger partial charge in [0.15, 0.2) is 0 Å². The van der Waals surface area contributed by atoms with Gasteiger partial charge in [0.25, 0.3) is 0 Å². The minimum atomic E-state index is 0.162. The molecule has 2 aromatic carbocycles. The molecule has 0 unspecified atom stereocenters. The molecule has 1 heterocycles. The van der Waals surface area contributed by atoms with Crippen LogP contribution in [0, 0.1) is 18.3 Å². The summed E-state index contributed by atoms with van der Waals surface area (Å²) in [6, 6.07) is 13.8. The molecule has 0 radical (unpaired) electrons. The van der Waals surface area contributed by atoms with E-state index in [0.29, 0.717) is 38.1 Å². The Hall–Kier alpha value is -2.25. The van der Waals surface area contributed by atoms with Crippen molar-refractivity contribution in [2.75, 3.05) is 0 Å². The first kappa shape index (κ1) is 17.6. The summed E-state index contributed by atoms with van der Waals surface area (Å²) < 4.78 is 0. The monoisotopic (exact) mass is 388 g/mol. The molecule has 0 saturated carbocycles. The van der Waals surface area contributed by atoms with Crippen LogP contribution in [0.2, 0.25) is 15.1 Å². The van der Waals surface area contributed by atoms with Crippen LogP contribution in [0.4, 0.5) is 0 Å². The Morgan fingerprint density at radius 3 is 2.28 bits per heavy atom. The highest BCUT2D eigenvalue weighted by Crippen LogP contribution is 2.42. The number of aromatic nitrogens is 1. The van der Waals surface area contributed by atoms with Crippen molar-refractivity contribution in [3.05, 3.63) is 68.8 Å². The standard InChI is InChI=1S/C19H11Cl3N2O/c1-10-14(9-23)13(18-15(20)6-7-16(21)19(18)22)8-17(24-10)11-2-4-12(25)5-3-11/h2-8,25H,1H3. The van der Waals surface area contributed by atoms with Gasteiger partial charge in [-0.05, 0) is 49.4 Å². The third kappa shape index (κ3) is 3.29. The molecule has 1 aromatic heterocycles. The summed E-state index contributed by atoms with van der Waals surface area (Å²) in [6.07, 6.45) is 0. The molecule has 0 atom stereocenters. The van der Waals surface area contributed by atoms with Crippen molar-refractivity contribution >= 4 is 34.8 Å². The second kappa shape index (κ2) is 6.93. The lowest BCUT2D eigenvalue weighted by Crippen LogP contribution is -1.97. The second-order valence-electron chi connectivity index (χ2n) is 5.39. The lowest BCUT2D eigenvalue weighted by Gasteiger charge is -2.14. The lowest BCUT2D eigenvalue weighted by molar-refractivity contribution is 0.475. The molecule has 3 aromatic rings. The molecule has 0 aliphatic carbocycles. The summed E-state index contributed by atoms with van der Waals surface area (Å²) in [5.41, 5.74) is 3.43. The van der Waals surface area contributed by atoms with Gasteiger partial charge in [-0.3, -0.25) is 4.98 Å². The number of aryl methyl sites for hydroxylation is 1. The average molecular weight is 390 g/mol. The number of phenolic OH excluding ortho intramolecular Hbond substituents is 1. The Morgan fingerprint density at radius 1 is 1.00 bits per heavy atom. The van der Waals surface area contributed by atoms with Gasteiger partial charge in [0.05, 0.1) is 32.0 Å². The topological polar surface area (TPSA) is 56.9 Å². The first-order valence-electron chi connectivity index (χ1n) is 7.27. The van der Waals surface area contributed by atoms with Gasteiger partial charge in [0.1, 0.15) is 11.8 Å². The van der Waals surface area contributed by atoms with Crippen LogP contribution in [-0.2, 0) is 0 Å². The van der Waals surface area contributed by atoms with E-state index in [0.717, 1.165) is 5.56 Å². The van der Waals surface area contributed by atoms with Crippen LogP contribution in [0.5, 0.6) is 5.75 Å². The minimum absolute atomic E-state index is 0.162. The van der Waals surface area contributed by atoms with Crippen molar-refractivity contribution in [1.29, 1.82) is 5.26 Å². The lowest BCUT2D eigenvalue weighted by atomic mass is 9.97. The summed E-state index contributed by atoms with van der Waals surface area (Å²) >= 11 is 18.8. The van der Waals surface area contributed by atoms with Crippen LogP contribution in [0.25, 0.3) is 22.4 Å². The SMILES string of the molecule is Cc1nc(-c2ccc(O)cc2)cc(-c2c(Cl)ccc(Cl)c2Cl)c1C#N. The maximum Gasteiger partial charge on any atom is 0.115 e. The van der Waals surface area contributed by atoms with E-state index in [1.165, 1.54) is 0 Å². The largest absolute Gasteiger partial charge is 0.508 e. The van der Waals surface area contributed by atoms with Crippen LogP contribution in [0.15, 0.2) is 42.5 Å². The van der Waals surface area contributed by atoms with Gasteiger partial charge < -0.3 is 5.11 Å². The average Bonchev–Trinajstić information content (AvgIpc) is 2.59. The number of benzene rings is 2. The predicted molar refractivity (Wildman–Crippen MR) is 101 cm³/mol. The molecule has 3 nitrogen and oxygen atoms in total. The van der Waals surface area contributed by atoms with E-state index in [4.69, 9.17) is 34.8 Å². The van der Waals surface area contributed by atoms with Crippen LogP contribution in [0.3, 0.4) is 0 Å². The van der Waals surface area contributed by atoms with Gasteiger partial charge in [-0.1, -0.05) is 34.8 Å². The summed E-state index contributed by atoms with van der Waals surface area (Å²) in [4.78, 5) is 4.49. The zero-order valence-electron chi connectivity index (χ0n) is 13.0. The summed E-state index contributed by atoms with van der Waals surface area (Å²) in [7, 11) is 0. The van der Waals surface area contributed by atoms with Crippen molar-refractivity contribution in [3.8, 4) is 34.2 Å². The van der Waals surface area contributed by atoms with E-state index >= 15 is 0 Å². The normalized spacial score (nSPS) is 10.5. The molecule has 25 heavy (non-hydrogen) atoms.